The van der Waals surface area contributed by atoms with Gasteiger partial charge in [0.2, 0.25) is 0 Å². The van der Waals surface area contributed by atoms with E-state index in [0.717, 1.165) is 19.2 Å². The number of rotatable bonds is 4. The Morgan fingerprint density at radius 2 is 2.00 bits per heavy atom. The third-order valence-electron chi connectivity index (χ3n) is 1.94. The van der Waals surface area contributed by atoms with Gasteiger partial charge in [-0.2, -0.15) is 0 Å². The molecule has 0 atom stereocenters. The summed E-state index contributed by atoms with van der Waals surface area (Å²) in [6, 6.07) is 3.27. The normalized spacial score (nSPS) is 10.8. The molecule has 0 heterocycles. The second-order valence-corrected chi connectivity index (χ2v) is 5.69. The number of methoxy groups -OCH3 is 1. The van der Waals surface area contributed by atoms with Crippen molar-refractivity contribution in [3.8, 4) is 0 Å². The fourth-order valence-electron chi connectivity index (χ4n) is 1.05. The summed E-state index contributed by atoms with van der Waals surface area (Å²) >= 11 is 2.95. The number of halogens is 1. The average molecular weight is 352 g/mol. The first-order valence-corrected chi connectivity index (χ1v) is 6.92. The van der Waals surface area contributed by atoms with Crippen LogP contribution in [0.2, 0.25) is 0 Å². The van der Waals surface area contributed by atoms with E-state index in [1.165, 1.54) is 6.07 Å². The standard InChI is InChI=1S/C9H9BrN2O6S/c1-18-9(15)11-12-19(16,17)5-2-3-7(10)6(4-5)8(13)14/h2-4,12H,1H3,(H,11,15)(H,13,14)/p-1. The number of nitrogens with one attached hydrogen (secondary N) is 2. The van der Waals surface area contributed by atoms with Gasteiger partial charge in [-0.25, -0.2) is 18.6 Å². The fraction of sp³-hybridized carbons (Fsp3) is 0.111. The van der Waals surface area contributed by atoms with Crippen molar-refractivity contribution in [3.63, 3.8) is 0 Å². The Morgan fingerprint density at radius 1 is 1.37 bits per heavy atom. The Hall–Kier alpha value is -1.65. The van der Waals surface area contributed by atoms with Gasteiger partial charge >= 0.3 is 6.09 Å². The molecule has 0 bridgehead atoms. The molecule has 0 radical (unpaired) electrons. The molecular formula is C9H8BrN2O6S-. The molecule has 0 aromatic heterocycles. The third-order valence-corrected chi connectivity index (χ3v) is 3.88. The molecule has 0 aliphatic heterocycles. The first-order valence-electron chi connectivity index (χ1n) is 4.64. The topological polar surface area (TPSA) is 125 Å². The summed E-state index contributed by atoms with van der Waals surface area (Å²) in [5, 5.41) is 10.8. The van der Waals surface area contributed by atoms with E-state index in [-0.39, 0.29) is 14.9 Å². The molecule has 0 fully saturated rings. The minimum Gasteiger partial charge on any atom is -0.545 e. The molecule has 19 heavy (non-hydrogen) atoms. The number of carboxylic acid groups (broad SMARTS) is 1. The van der Waals surface area contributed by atoms with E-state index in [0.29, 0.717) is 0 Å². The molecule has 1 rings (SSSR count). The highest BCUT2D eigenvalue weighted by Gasteiger charge is 2.17. The molecule has 1 aromatic rings. The first kappa shape index (κ1) is 15.4. The fourth-order valence-corrected chi connectivity index (χ4v) is 2.31. The summed E-state index contributed by atoms with van der Waals surface area (Å²) in [4.78, 5) is 22.9. The number of carboxylic acids is 1. The van der Waals surface area contributed by atoms with Gasteiger partial charge in [-0.05, 0) is 18.2 Å². The number of benzene rings is 1. The van der Waals surface area contributed by atoms with Crippen LogP contribution in [0.3, 0.4) is 0 Å². The van der Waals surface area contributed by atoms with Crippen LogP contribution >= 0.6 is 15.9 Å². The van der Waals surface area contributed by atoms with E-state index >= 15 is 0 Å². The average Bonchev–Trinajstić information content (AvgIpc) is 2.35. The lowest BCUT2D eigenvalue weighted by atomic mass is 10.2. The summed E-state index contributed by atoms with van der Waals surface area (Å²) in [5.41, 5.74) is 1.43. The van der Waals surface area contributed by atoms with E-state index in [1.54, 1.807) is 10.3 Å². The molecule has 0 aliphatic carbocycles. The molecular weight excluding hydrogens is 344 g/mol. The minimum absolute atomic E-state index is 0.173. The maximum absolute atomic E-state index is 11.7. The van der Waals surface area contributed by atoms with Crippen LogP contribution in [-0.2, 0) is 14.8 Å². The Labute approximate surface area is 116 Å². The van der Waals surface area contributed by atoms with E-state index in [9.17, 15) is 23.1 Å². The van der Waals surface area contributed by atoms with Crippen LogP contribution in [0.4, 0.5) is 4.79 Å². The van der Waals surface area contributed by atoms with Gasteiger partial charge in [0.1, 0.15) is 0 Å². The van der Waals surface area contributed by atoms with Gasteiger partial charge in [0, 0.05) is 10.0 Å². The monoisotopic (exact) mass is 351 g/mol. The van der Waals surface area contributed by atoms with E-state index in [4.69, 9.17) is 0 Å². The first-order chi connectivity index (χ1) is 8.77. The number of carbonyl (C=O) groups is 2. The molecule has 0 saturated carbocycles. The predicted molar refractivity (Wildman–Crippen MR) is 64.3 cm³/mol. The Balaban J connectivity index is 3.05. The van der Waals surface area contributed by atoms with E-state index in [1.807, 2.05) is 0 Å². The summed E-state index contributed by atoms with van der Waals surface area (Å²) < 4.78 is 27.8. The van der Waals surface area contributed by atoms with Crippen molar-refractivity contribution in [2.24, 2.45) is 0 Å². The molecule has 0 unspecified atom stereocenters. The van der Waals surface area contributed by atoms with Crippen molar-refractivity contribution in [3.05, 3.63) is 28.2 Å². The highest BCUT2D eigenvalue weighted by atomic mass is 79.9. The number of hydrazine groups is 1. The van der Waals surface area contributed by atoms with Gasteiger partial charge in [0.25, 0.3) is 10.0 Å². The Morgan fingerprint density at radius 3 is 2.53 bits per heavy atom. The number of sulfonamides is 1. The van der Waals surface area contributed by atoms with Gasteiger partial charge in [0.05, 0.1) is 18.0 Å². The van der Waals surface area contributed by atoms with Crippen molar-refractivity contribution in [2.75, 3.05) is 7.11 Å². The molecule has 10 heteroatoms. The molecule has 0 aliphatic rings. The van der Waals surface area contributed by atoms with Crippen LogP contribution in [0.1, 0.15) is 10.4 Å². The van der Waals surface area contributed by atoms with Crippen molar-refractivity contribution >= 4 is 38.0 Å². The molecule has 0 spiro atoms. The maximum Gasteiger partial charge on any atom is 0.422 e. The van der Waals surface area contributed by atoms with Crippen molar-refractivity contribution in [1.29, 1.82) is 0 Å². The van der Waals surface area contributed by atoms with Gasteiger partial charge in [-0.3, -0.25) is 0 Å². The highest BCUT2D eigenvalue weighted by molar-refractivity contribution is 9.10. The van der Waals surface area contributed by atoms with Crippen molar-refractivity contribution in [1.82, 2.24) is 10.3 Å². The van der Waals surface area contributed by atoms with Crippen LogP contribution in [0.5, 0.6) is 0 Å². The quantitative estimate of drug-likeness (QED) is 0.695. The Bertz CT molecular complexity index is 615. The summed E-state index contributed by atoms with van der Waals surface area (Å²) in [6.07, 6.45) is -1.01. The zero-order valence-electron chi connectivity index (χ0n) is 9.47. The molecule has 1 aromatic carbocycles. The van der Waals surface area contributed by atoms with Gasteiger partial charge < -0.3 is 14.6 Å². The van der Waals surface area contributed by atoms with Crippen molar-refractivity contribution < 1.29 is 27.9 Å². The SMILES string of the molecule is COC(=O)NNS(=O)(=O)c1ccc(Br)c(C(=O)[O-])c1. The second-order valence-electron chi connectivity index (χ2n) is 3.15. The number of aromatic carboxylic acids is 1. The van der Waals surface area contributed by atoms with E-state index in [2.05, 4.69) is 20.7 Å². The number of hydrogen-bond acceptors (Lipinski definition) is 6. The predicted octanol–water partition coefficient (Wildman–Crippen LogP) is -0.638. The lowest BCUT2D eigenvalue weighted by molar-refractivity contribution is -0.255. The third kappa shape index (κ3) is 3.91. The largest absolute Gasteiger partial charge is 0.545 e. The molecule has 0 saturated heterocycles. The zero-order valence-corrected chi connectivity index (χ0v) is 11.9. The molecule has 1 amide bonds. The summed E-state index contributed by atoms with van der Waals surface area (Å²) in [7, 11) is -3.06. The van der Waals surface area contributed by atoms with Gasteiger partial charge in [-0.1, -0.05) is 15.9 Å². The van der Waals surface area contributed by atoms with Crippen LogP contribution in [0.15, 0.2) is 27.6 Å². The molecule has 104 valence electrons. The number of carbonyl (C=O) groups excluding carboxylic acids is 2. The van der Waals surface area contributed by atoms with Crippen LogP contribution in [-0.4, -0.2) is 27.6 Å². The van der Waals surface area contributed by atoms with E-state index < -0.39 is 22.1 Å². The van der Waals surface area contributed by atoms with Gasteiger partial charge in [0.15, 0.2) is 0 Å². The van der Waals surface area contributed by atoms with Gasteiger partial charge in [-0.15, -0.1) is 4.83 Å². The van der Waals surface area contributed by atoms with Crippen LogP contribution in [0.25, 0.3) is 0 Å². The summed E-state index contributed by atoms with van der Waals surface area (Å²) in [5.74, 6) is -1.54. The smallest absolute Gasteiger partial charge is 0.422 e. The lowest BCUT2D eigenvalue weighted by Crippen LogP contribution is -2.41. The van der Waals surface area contributed by atoms with Crippen molar-refractivity contribution in [2.45, 2.75) is 4.90 Å². The number of ether oxygens (including phenoxy) is 1. The van der Waals surface area contributed by atoms with Crippen LogP contribution in [0, 0.1) is 0 Å². The number of amides is 1. The molecule has 2 N–H and O–H groups in total. The van der Waals surface area contributed by atoms with Crippen LogP contribution < -0.4 is 15.4 Å². The maximum atomic E-state index is 11.7. The number of hydrogen-bond donors (Lipinski definition) is 2. The summed E-state index contributed by atoms with van der Waals surface area (Å²) in [6.45, 7) is 0. The lowest BCUT2D eigenvalue weighted by Gasteiger charge is -2.10. The molecule has 8 nitrogen and oxygen atoms in total. The zero-order chi connectivity index (χ0) is 14.6. The highest BCUT2D eigenvalue weighted by Crippen LogP contribution is 2.20. The second kappa shape index (κ2) is 5.99. The Kier molecular flexibility index (Phi) is 4.86. The minimum atomic E-state index is -4.11.